The molecular weight excluding hydrogens is 558 g/mol. The van der Waals surface area contributed by atoms with Gasteiger partial charge in [-0.1, -0.05) is 30.7 Å². The Morgan fingerprint density at radius 2 is 1.81 bits per heavy atom. The van der Waals surface area contributed by atoms with Crippen LogP contribution in [0.3, 0.4) is 0 Å². The normalized spacial score (nSPS) is 13.5. The molecule has 1 aliphatic carbocycles. The number of hydrogen-bond donors (Lipinski definition) is 1. The lowest BCUT2D eigenvalue weighted by Gasteiger charge is -2.21. The van der Waals surface area contributed by atoms with Crippen LogP contribution in [0.15, 0.2) is 71.8 Å². The molecule has 2 heterocycles. The van der Waals surface area contributed by atoms with Crippen molar-refractivity contribution in [1.29, 1.82) is 0 Å². The smallest absolute Gasteiger partial charge is 0.335 e. The number of ketones is 2. The first kappa shape index (κ1) is 29.0. The van der Waals surface area contributed by atoms with E-state index in [2.05, 4.69) is 5.10 Å². The summed E-state index contributed by atoms with van der Waals surface area (Å²) in [4.78, 5) is 51.5. The number of hydrogen-bond acceptors (Lipinski definition) is 6. The molecule has 2 aromatic heterocycles. The quantitative estimate of drug-likeness (QED) is 0.214. The number of aromatic nitrogens is 3. The van der Waals surface area contributed by atoms with E-state index in [4.69, 9.17) is 16.3 Å². The molecule has 0 saturated heterocycles. The summed E-state index contributed by atoms with van der Waals surface area (Å²) < 4.78 is 8.91. The second-order valence-electron chi connectivity index (χ2n) is 10.4. The summed E-state index contributed by atoms with van der Waals surface area (Å²) in [5.41, 5.74) is 2.24. The lowest BCUT2D eigenvalue weighted by atomic mass is 9.95. The average molecular weight is 588 g/mol. The van der Waals surface area contributed by atoms with Crippen LogP contribution in [0.25, 0.3) is 11.1 Å². The van der Waals surface area contributed by atoms with Crippen LogP contribution in [0.1, 0.15) is 70.2 Å². The van der Waals surface area contributed by atoms with Gasteiger partial charge in [-0.2, -0.15) is 5.10 Å². The van der Waals surface area contributed by atoms with Crippen LogP contribution in [-0.4, -0.2) is 44.1 Å². The molecule has 0 radical (unpaired) electrons. The molecule has 1 aliphatic rings. The van der Waals surface area contributed by atoms with Gasteiger partial charge in [-0.25, -0.2) is 4.79 Å². The standard InChI is InChI=1S/C32H30ClN3O6/c1-3-28(37)24-11-8-21(33)15-25(24)26-17-31(39)35(18-30(26)42-2)27(16-22-12-13-36(34-22)23-9-10-23)29(38)14-19-4-6-20(7-5-19)32(40)41/h4-8,11-13,15,17-18,23,27H,3,9-10,14,16H2,1-2H3,(H,40,41). The molecular formula is C32H30ClN3O6. The Bertz CT molecular complexity index is 1720. The molecule has 42 heavy (non-hydrogen) atoms. The van der Waals surface area contributed by atoms with E-state index in [0.717, 1.165) is 12.8 Å². The van der Waals surface area contributed by atoms with E-state index in [9.17, 15) is 24.3 Å². The number of carbonyl (C=O) groups is 3. The maximum atomic E-state index is 13.8. The fourth-order valence-electron chi connectivity index (χ4n) is 5.00. The van der Waals surface area contributed by atoms with Gasteiger partial charge in [0.15, 0.2) is 11.6 Å². The van der Waals surface area contributed by atoms with E-state index in [1.54, 1.807) is 37.3 Å². The number of rotatable bonds is 12. The molecule has 1 saturated carbocycles. The highest BCUT2D eigenvalue weighted by molar-refractivity contribution is 6.31. The Kier molecular flexibility index (Phi) is 8.40. The Morgan fingerprint density at radius 3 is 2.45 bits per heavy atom. The minimum Gasteiger partial charge on any atom is -0.495 e. The summed E-state index contributed by atoms with van der Waals surface area (Å²) >= 11 is 6.27. The second kappa shape index (κ2) is 12.2. The van der Waals surface area contributed by atoms with Crippen molar-refractivity contribution < 1.29 is 24.2 Å². The molecule has 4 aromatic rings. The molecule has 0 bridgehead atoms. The van der Waals surface area contributed by atoms with Gasteiger partial charge >= 0.3 is 5.97 Å². The van der Waals surface area contributed by atoms with Gasteiger partial charge in [0, 0.05) is 47.7 Å². The van der Waals surface area contributed by atoms with E-state index >= 15 is 0 Å². The third-order valence-electron chi connectivity index (χ3n) is 7.43. The molecule has 9 nitrogen and oxygen atoms in total. The van der Waals surface area contributed by atoms with Gasteiger partial charge in [0.05, 0.1) is 30.6 Å². The minimum absolute atomic E-state index is 0.0200. The number of benzene rings is 2. The largest absolute Gasteiger partial charge is 0.495 e. The van der Waals surface area contributed by atoms with Gasteiger partial charge in [-0.3, -0.25) is 19.1 Å². The minimum atomic E-state index is -1.06. The number of ether oxygens (including phenoxy) is 1. The van der Waals surface area contributed by atoms with Gasteiger partial charge in [0.2, 0.25) is 0 Å². The third-order valence-corrected chi connectivity index (χ3v) is 7.67. The van der Waals surface area contributed by atoms with Crippen LogP contribution in [0.2, 0.25) is 5.02 Å². The van der Waals surface area contributed by atoms with Crippen LogP contribution >= 0.6 is 11.6 Å². The van der Waals surface area contributed by atoms with Crippen LogP contribution in [0, 0.1) is 0 Å². The van der Waals surface area contributed by atoms with Crippen molar-refractivity contribution in [1.82, 2.24) is 14.3 Å². The number of halogens is 1. The average Bonchev–Trinajstić information content (AvgIpc) is 3.73. The monoisotopic (exact) mass is 587 g/mol. The predicted molar refractivity (Wildman–Crippen MR) is 158 cm³/mol. The molecule has 2 aromatic carbocycles. The number of carboxylic acid groups (broad SMARTS) is 1. The highest BCUT2D eigenvalue weighted by Gasteiger charge is 2.28. The second-order valence-corrected chi connectivity index (χ2v) is 10.8. The van der Waals surface area contributed by atoms with Crippen molar-refractivity contribution in [3.8, 4) is 16.9 Å². The van der Waals surface area contributed by atoms with E-state index in [1.165, 1.54) is 36.1 Å². The number of methoxy groups -OCH3 is 1. The Morgan fingerprint density at radius 1 is 1.07 bits per heavy atom. The Labute approximate surface area is 247 Å². The molecule has 0 aliphatic heterocycles. The molecule has 0 spiro atoms. The SMILES string of the molecule is CCC(=O)c1ccc(Cl)cc1-c1cc(=O)n(C(Cc2ccn(C3CC3)n2)C(=O)Cc2ccc(C(=O)O)cc2)cc1OC. The fourth-order valence-corrected chi connectivity index (χ4v) is 5.17. The van der Waals surface area contributed by atoms with Crippen molar-refractivity contribution in [3.63, 3.8) is 0 Å². The van der Waals surface area contributed by atoms with Crippen molar-refractivity contribution in [2.24, 2.45) is 0 Å². The van der Waals surface area contributed by atoms with E-state index in [1.807, 2.05) is 16.9 Å². The lowest BCUT2D eigenvalue weighted by molar-refractivity contribution is -0.121. The number of carboxylic acids is 1. The Balaban J connectivity index is 1.56. The first-order chi connectivity index (χ1) is 20.2. The zero-order valence-corrected chi connectivity index (χ0v) is 24.0. The molecule has 0 amide bonds. The van der Waals surface area contributed by atoms with Crippen molar-refractivity contribution in [2.45, 2.75) is 51.1 Å². The third kappa shape index (κ3) is 6.21. The number of carbonyl (C=O) groups excluding carboxylic acids is 2. The molecule has 1 unspecified atom stereocenters. The lowest BCUT2D eigenvalue weighted by Crippen LogP contribution is -2.32. The fraction of sp³-hybridized carbons (Fsp3) is 0.281. The van der Waals surface area contributed by atoms with Gasteiger partial charge in [0.1, 0.15) is 11.8 Å². The zero-order chi connectivity index (χ0) is 30.0. The van der Waals surface area contributed by atoms with Gasteiger partial charge in [-0.15, -0.1) is 0 Å². The predicted octanol–water partition coefficient (Wildman–Crippen LogP) is 5.60. The summed E-state index contributed by atoms with van der Waals surface area (Å²) in [6.45, 7) is 1.76. The molecule has 1 N–H and O–H groups in total. The molecule has 216 valence electrons. The Hall–Kier alpha value is -4.50. The van der Waals surface area contributed by atoms with E-state index < -0.39 is 17.6 Å². The topological polar surface area (TPSA) is 120 Å². The van der Waals surface area contributed by atoms with Gasteiger partial charge in [-0.05, 0) is 60.4 Å². The number of Topliss-reactive ketones (excluding diaryl/α,β-unsaturated/α-hetero) is 2. The number of aromatic carboxylic acids is 1. The van der Waals surface area contributed by atoms with Crippen molar-refractivity contribution in [3.05, 3.63) is 105 Å². The maximum absolute atomic E-state index is 13.8. The van der Waals surface area contributed by atoms with E-state index in [0.29, 0.717) is 44.8 Å². The highest BCUT2D eigenvalue weighted by Crippen LogP contribution is 2.36. The van der Waals surface area contributed by atoms with Crippen molar-refractivity contribution in [2.75, 3.05) is 7.11 Å². The van der Waals surface area contributed by atoms with Crippen LogP contribution in [0.5, 0.6) is 5.75 Å². The van der Waals surface area contributed by atoms with E-state index in [-0.39, 0.29) is 36.4 Å². The van der Waals surface area contributed by atoms with Gasteiger partial charge < -0.3 is 14.4 Å². The maximum Gasteiger partial charge on any atom is 0.335 e. The highest BCUT2D eigenvalue weighted by atomic mass is 35.5. The first-order valence-corrected chi connectivity index (χ1v) is 14.1. The van der Waals surface area contributed by atoms with Crippen LogP contribution in [-0.2, 0) is 17.6 Å². The van der Waals surface area contributed by atoms with Crippen LogP contribution < -0.4 is 10.3 Å². The van der Waals surface area contributed by atoms with Gasteiger partial charge in [0.25, 0.3) is 5.56 Å². The molecule has 10 heteroatoms. The molecule has 1 fully saturated rings. The van der Waals surface area contributed by atoms with Crippen LogP contribution in [0.4, 0.5) is 0 Å². The summed E-state index contributed by atoms with van der Waals surface area (Å²) in [7, 11) is 1.46. The first-order valence-electron chi connectivity index (χ1n) is 13.7. The summed E-state index contributed by atoms with van der Waals surface area (Å²) in [5.74, 6) is -1.12. The summed E-state index contributed by atoms with van der Waals surface area (Å²) in [6, 6.07) is 13.6. The number of nitrogens with zero attached hydrogens (tertiary/aromatic N) is 3. The molecule has 5 rings (SSSR count). The molecule has 1 atom stereocenters. The summed E-state index contributed by atoms with van der Waals surface area (Å²) in [5, 5.41) is 14.3. The number of pyridine rings is 1. The van der Waals surface area contributed by atoms with Crippen molar-refractivity contribution >= 4 is 29.1 Å². The summed E-state index contributed by atoms with van der Waals surface area (Å²) in [6.07, 6.45) is 5.91. The zero-order valence-electron chi connectivity index (χ0n) is 23.2.